The van der Waals surface area contributed by atoms with Gasteiger partial charge < -0.3 is 0 Å². The molecule has 0 aliphatic carbocycles. The highest BCUT2D eigenvalue weighted by Crippen LogP contribution is 2.30. The highest BCUT2D eigenvalue weighted by Gasteiger charge is 2.15. The van der Waals surface area contributed by atoms with Gasteiger partial charge in [0.05, 0.1) is 0 Å². The molecule has 2 aromatic carbocycles. The molecule has 1 nitrogen and oxygen atoms in total. The van der Waals surface area contributed by atoms with Gasteiger partial charge in [-0.25, -0.2) is 4.57 Å². The molecule has 0 spiro atoms. The standard InChI is InChI=1S/C22H24N/c1-15-8-6-7-9-20(15)19-11-10-16(2)21(13-19)22-12-17(3)18(4)14-23(22)5/h6-14H,1-5H3/q+1/i1D3,4D3. The van der Waals surface area contributed by atoms with Crippen LogP contribution in [0, 0.1) is 27.6 Å². The summed E-state index contributed by atoms with van der Waals surface area (Å²) in [5, 5.41) is 0. The summed E-state index contributed by atoms with van der Waals surface area (Å²) in [5.41, 5.74) is 5.66. The van der Waals surface area contributed by atoms with E-state index in [1.165, 1.54) is 0 Å². The van der Waals surface area contributed by atoms with E-state index in [1.54, 1.807) is 25.3 Å². The van der Waals surface area contributed by atoms with Crippen molar-refractivity contribution in [1.82, 2.24) is 0 Å². The van der Waals surface area contributed by atoms with Crippen molar-refractivity contribution >= 4 is 0 Å². The van der Waals surface area contributed by atoms with Crippen LogP contribution in [0.4, 0.5) is 0 Å². The zero-order valence-electron chi connectivity index (χ0n) is 19.6. The molecule has 0 radical (unpaired) electrons. The van der Waals surface area contributed by atoms with E-state index in [0.29, 0.717) is 22.3 Å². The normalized spacial score (nSPS) is 15.8. The molecule has 0 unspecified atom stereocenters. The van der Waals surface area contributed by atoms with Gasteiger partial charge in [-0.1, -0.05) is 36.4 Å². The van der Waals surface area contributed by atoms with Crippen LogP contribution in [0.25, 0.3) is 22.4 Å². The lowest BCUT2D eigenvalue weighted by Crippen LogP contribution is -2.31. The molecule has 0 saturated heterocycles. The third-order valence-corrected chi connectivity index (χ3v) is 4.23. The zero-order valence-corrected chi connectivity index (χ0v) is 13.6. The first-order chi connectivity index (χ1) is 13.4. The summed E-state index contributed by atoms with van der Waals surface area (Å²) in [6.45, 7) is -0.587. The van der Waals surface area contributed by atoms with Crippen LogP contribution in [0.3, 0.4) is 0 Å². The van der Waals surface area contributed by atoms with Crippen LogP contribution in [-0.4, -0.2) is 0 Å². The van der Waals surface area contributed by atoms with Crippen LogP contribution < -0.4 is 4.57 Å². The Labute approximate surface area is 147 Å². The van der Waals surface area contributed by atoms with Crippen LogP contribution in [0.15, 0.2) is 54.7 Å². The van der Waals surface area contributed by atoms with Crippen molar-refractivity contribution in [3.8, 4) is 22.4 Å². The number of hydrogen-bond acceptors (Lipinski definition) is 0. The van der Waals surface area contributed by atoms with Gasteiger partial charge in [-0.2, -0.15) is 0 Å². The molecule has 116 valence electrons. The van der Waals surface area contributed by atoms with Crippen molar-refractivity contribution < 1.29 is 12.8 Å². The third-order valence-electron chi connectivity index (χ3n) is 4.23. The molecule has 3 rings (SSSR count). The summed E-state index contributed by atoms with van der Waals surface area (Å²) in [5.74, 6) is 0. The summed E-state index contributed by atoms with van der Waals surface area (Å²) in [4.78, 5) is 0. The lowest BCUT2D eigenvalue weighted by molar-refractivity contribution is -0.660. The van der Waals surface area contributed by atoms with Gasteiger partial charge in [-0.3, -0.25) is 0 Å². The molecular formula is C22H24N+. The number of aromatic nitrogens is 1. The van der Waals surface area contributed by atoms with Gasteiger partial charge in [0.25, 0.3) is 0 Å². The Bertz CT molecular complexity index is 1060. The van der Waals surface area contributed by atoms with E-state index >= 15 is 0 Å². The van der Waals surface area contributed by atoms with Gasteiger partial charge in [0.2, 0.25) is 5.69 Å². The van der Waals surface area contributed by atoms with E-state index in [9.17, 15) is 0 Å². The second-order valence-corrected chi connectivity index (χ2v) is 5.94. The van der Waals surface area contributed by atoms with E-state index in [4.69, 9.17) is 8.22 Å². The minimum absolute atomic E-state index is 0.313. The fraction of sp³-hybridized carbons (Fsp3) is 0.227. The smallest absolute Gasteiger partial charge is 0.201 e. The van der Waals surface area contributed by atoms with Crippen molar-refractivity contribution in [3.05, 3.63) is 77.0 Å². The fourth-order valence-corrected chi connectivity index (χ4v) is 2.82. The van der Waals surface area contributed by atoms with Gasteiger partial charge in [0.15, 0.2) is 6.20 Å². The highest BCUT2D eigenvalue weighted by atomic mass is 14.9. The van der Waals surface area contributed by atoms with Gasteiger partial charge >= 0.3 is 0 Å². The lowest BCUT2D eigenvalue weighted by atomic mass is 9.94. The Morgan fingerprint density at radius 2 is 1.57 bits per heavy atom. The number of rotatable bonds is 2. The Balaban J connectivity index is 2.20. The molecule has 0 amide bonds. The molecule has 23 heavy (non-hydrogen) atoms. The van der Waals surface area contributed by atoms with E-state index in [-0.39, 0.29) is 0 Å². The predicted octanol–water partition coefficient (Wildman–Crippen LogP) is 5.08. The molecular weight excluding hydrogens is 278 g/mol. The Morgan fingerprint density at radius 3 is 2.35 bits per heavy atom. The second kappa shape index (κ2) is 6.00. The van der Waals surface area contributed by atoms with Gasteiger partial charge in [0.1, 0.15) is 7.05 Å². The quantitative estimate of drug-likeness (QED) is 0.581. The summed E-state index contributed by atoms with van der Waals surface area (Å²) >= 11 is 0. The molecule has 1 aromatic heterocycles. The van der Waals surface area contributed by atoms with E-state index in [2.05, 4.69) is 0 Å². The largest absolute Gasteiger partial charge is 0.212 e. The third kappa shape index (κ3) is 2.92. The second-order valence-electron chi connectivity index (χ2n) is 5.94. The SMILES string of the molecule is [2H]C([2H])([2H])c1c[n+](C)c(-c2cc(-c3ccccc3C([2H])([2H])[2H])ccc2C)cc1C. The van der Waals surface area contributed by atoms with Crippen molar-refractivity contribution in [2.75, 3.05) is 0 Å². The molecule has 0 atom stereocenters. The molecule has 0 aliphatic rings. The maximum absolute atomic E-state index is 7.84. The highest BCUT2D eigenvalue weighted by molar-refractivity contribution is 5.74. The number of aryl methyl sites for hydroxylation is 5. The van der Waals surface area contributed by atoms with Crippen molar-refractivity contribution in [1.29, 1.82) is 0 Å². The fourth-order valence-electron chi connectivity index (χ4n) is 2.82. The monoisotopic (exact) mass is 308 g/mol. The Morgan fingerprint density at radius 1 is 0.783 bits per heavy atom. The molecule has 0 saturated carbocycles. The van der Waals surface area contributed by atoms with Gasteiger partial charge in [-0.05, 0) is 61.4 Å². The molecule has 0 fully saturated rings. The molecule has 0 bridgehead atoms. The van der Waals surface area contributed by atoms with E-state index in [1.807, 2.05) is 54.9 Å². The van der Waals surface area contributed by atoms with Gasteiger partial charge in [-0.15, -0.1) is 0 Å². The first kappa shape index (κ1) is 9.67. The molecule has 0 N–H and O–H groups in total. The molecule has 3 aromatic rings. The Kier molecular flexibility index (Phi) is 2.52. The molecule has 1 heterocycles. The summed E-state index contributed by atoms with van der Waals surface area (Å²) < 4.78 is 48.5. The average Bonchev–Trinajstić information content (AvgIpc) is 2.62. The first-order valence-electron chi connectivity index (χ1n) is 10.6. The van der Waals surface area contributed by atoms with Gasteiger partial charge in [0, 0.05) is 25.4 Å². The van der Waals surface area contributed by atoms with E-state index < -0.39 is 13.7 Å². The Hall–Kier alpha value is -2.41. The minimum Gasteiger partial charge on any atom is -0.201 e. The maximum Gasteiger partial charge on any atom is 0.212 e. The topological polar surface area (TPSA) is 3.88 Å². The van der Waals surface area contributed by atoms with Crippen LogP contribution in [0.5, 0.6) is 0 Å². The number of nitrogens with zero attached hydrogens (tertiary/aromatic N) is 1. The minimum atomic E-state index is -2.20. The zero-order chi connectivity index (χ0) is 21.6. The molecule has 1 heteroatoms. The van der Waals surface area contributed by atoms with Crippen molar-refractivity contribution in [2.24, 2.45) is 7.05 Å². The number of hydrogen-bond donors (Lipinski definition) is 0. The summed E-state index contributed by atoms with van der Waals surface area (Å²) in [6, 6.07) is 14.8. The molecule has 0 aliphatic heterocycles. The maximum atomic E-state index is 7.84. The van der Waals surface area contributed by atoms with Crippen LogP contribution >= 0.6 is 0 Å². The average molecular weight is 308 g/mol. The van der Waals surface area contributed by atoms with Crippen LogP contribution in [-0.2, 0) is 7.05 Å². The summed E-state index contributed by atoms with van der Waals surface area (Å²) in [6.07, 6.45) is 1.65. The van der Waals surface area contributed by atoms with E-state index in [0.717, 1.165) is 22.4 Å². The lowest BCUT2D eigenvalue weighted by Gasteiger charge is -2.11. The number of pyridine rings is 1. The van der Waals surface area contributed by atoms with Crippen molar-refractivity contribution in [2.45, 2.75) is 27.6 Å². The predicted molar refractivity (Wildman–Crippen MR) is 97.4 cm³/mol. The van der Waals surface area contributed by atoms with Crippen molar-refractivity contribution in [3.63, 3.8) is 0 Å². The number of benzene rings is 2. The summed E-state index contributed by atoms with van der Waals surface area (Å²) in [7, 11) is 1.83. The first-order valence-corrected chi connectivity index (χ1v) is 7.61. The van der Waals surface area contributed by atoms with Crippen LogP contribution in [0.1, 0.15) is 30.5 Å². The van der Waals surface area contributed by atoms with Crippen LogP contribution in [0.2, 0.25) is 0 Å².